The van der Waals surface area contributed by atoms with E-state index in [-0.39, 0.29) is 18.3 Å². The van der Waals surface area contributed by atoms with Gasteiger partial charge in [-0.3, -0.25) is 4.98 Å². The lowest BCUT2D eigenvalue weighted by Gasteiger charge is -2.34. The van der Waals surface area contributed by atoms with Crippen LogP contribution in [0.25, 0.3) is 0 Å². The predicted octanol–water partition coefficient (Wildman–Crippen LogP) is 2.49. The molecule has 0 saturated carbocycles. The van der Waals surface area contributed by atoms with Gasteiger partial charge in [-0.2, -0.15) is 0 Å². The molecule has 2 heterocycles. The summed E-state index contributed by atoms with van der Waals surface area (Å²) in [6.07, 6.45) is 2.35. The number of rotatable bonds is 5. The maximum atomic E-state index is 14.9. The average Bonchev–Trinajstić information content (AvgIpc) is 2.69. The molecule has 9 heteroatoms. The Hall–Kier alpha value is -3.36. The van der Waals surface area contributed by atoms with E-state index in [1.165, 1.54) is 0 Å². The molecule has 8 nitrogen and oxygen atoms in total. The van der Waals surface area contributed by atoms with Crippen molar-refractivity contribution < 1.29 is 18.7 Å². The van der Waals surface area contributed by atoms with Crippen molar-refractivity contribution in [1.82, 2.24) is 4.98 Å². The third kappa shape index (κ3) is 5.34. The van der Waals surface area contributed by atoms with Gasteiger partial charge in [0.15, 0.2) is 11.8 Å². The van der Waals surface area contributed by atoms with Gasteiger partial charge in [0.1, 0.15) is 18.5 Å². The highest BCUT2D eigenvalue weighted by Gasteiger charge is 2.24. The average molecular weight is 401 g/mol. The van der Waals surface area contributed by atoms with Gasteiger partial charge < -0.3 is 25.8 Å². The molecule has 3 rings (SSSR count). The molecule has 1 aliphatic rings. The molecular weight excluding hydrogens is 377 g/mol. The maximum Gasteiger partial charge on any atom is 0.437 e. The summed E-state index contributed by atoms with van der Waals surface area (Å²) in [5.41, 5.74) is 11.8. The molecule has 0 atom stereocenters. The molecule has 1 fully saturated rings. The summed E-state index contributed by atoms with van der Waals surface area (Å²) >= 11 is 0. The van der Waals surface area contributed by atoms with Gasteiger partial charge in [0.25, 0.3) is 0 Å². The van der Waals surface area contributed by atoms with Crippen LogP contribution in [0.4, 0.5) is 14.9 Å². The van der Waals surface area contributed by atoms with Crippen LogP contribution in [0.3, 0.4) is 0 Å². The van der Waals surface area contributed by atoms with E-state index in [9.17, 15) is 9.18 Å². The van der Waals surface area contributed by atoms with Gasteiger partial charge in [-0.25, -0.2) is 9.18 Å². The minimum Gasteiger partial charge on any atom is -0.488 e. The Morgan fingerprint density at radius 3 is 2.72 bits per heavy atom. The first-order valence-corrected chi connectivity index (χ1v) is 9.31. The summed E-state index contributed by atoms with van der Waals surface area (Å²) < 4.78 is 25.8. The molecule has 1 amide bonds. The second-order valence-electron chi connectivity index (χ2n) is 6.73. The Labute approximate surface area is 168 Å². The predicted molar refractivity (Wildman–Crippen MR) is 107 cm³/mol. The minimum absolute atomic E-state index is 0.0564. The van der Waals surface area contributed by atoms with E-state index in [0.717, 1.165) is 24.3 Å². The summed E-state index contributed by atoms with van der Waals surface area (Å²) in [4.78, 5) is 20.9. The number of aryl methyl sites for hydroxylation is 1. The van der Waals surface area contributed by atoms with Gasteiger partial charge in [0.2, 0.25) is 0 Å². The van der Waals surface area contributed by atoms with E-state index in [1.807, 2.05) is 24.0 Å². The second kappa shape index (κ2) is 9.22. The number of pyridine rings is 1. The first-order valence-electron chi connectivity index (χ1n) is 9.31. The SMILES string of the molecule is Cc1ncccc1OC1CCN(c2cccc(COC(=O)N=C(N)N)c2F)CC1. The molecule has 1 aromatic carbocycles. The van der Waals surface area contributed by atoms with Crippen LogP contribution in [-0.2, 0) is 11.3 Å². The number of nitrogens with two attached hydrogens (primary N) is 2. The van der Waals surface area contributed by atoms with Crippen LogP contribution in [0.1, 0.15) is 24.1 Å². The number of carbonyl (C=O) groups is 1. The second-order valence-corrected chi connectivity index (χ2v) is 6.73. The Kier molecular flexibility index (Phi) is 6.48. The smallest absolute Gasteiger partial charge is 0.437 e. The van der Waals surface area contributed by atoms with Gasteiger partial charge >= 0.3 is 6.09 Å². The number of amides is 1. The lowest BCUT2D eigenvalue weighted by molar-refractivity contribution is 0.149. The van der Waals surface area contributed by atoms with Crippen molar-refractivity contribution in [3.8, 4) is 5.75 Å². The van der Waals surface area contributed by atoms with Crippen LogP contribution >= 0.6 is 0 Å². The zero-order valence-corrected chi connectivity index (χ0v) is 16.2. The molecule has 1 aromatic heterocycles. The van der Waals surface area contributed by atoms with Gasteiger partial charge in [-0.05, 0) is 25.1 Å². The zero-order chi connectivity index (χ0) is 20.8. The molecule has 1 aliphatic heterocycles. The monoisotopic (exact) mass is 401 g/mol. The van der Waals surface area contributed by atoms with Crippen molar-refractivity contribution in [1.29, 1.82) is 0 Å². The van der Waals surface area contributed by atoms with Crippen molar-refractivity contribution in [2.24, 2.45) is 16.5 Å². The summed E-state index contributed by atoms with van der Waals surface area (Å²) in [6, 6.07) is 8.75. The Morgan fingerprint density at radius 2 is 2.03 bits per heavy atom. The van der Waals surface area contributed by atoms with E-state index < -0.39 is 17.9 Å². The number of aliphatic imine (C=N–C) groups is 1. The molecule has 0 unspecified atom stereocenters. The molecule has 0 aliphatic carbocycles. The summed E-state index contributed by atoms with van der Waals surface area (Å²) in [6.45, 7) is 2.96. The van der Waals surface area contributed by atoms with Crippen LogP contribution in [0.2, 0.25) is 0 Å². The van der Waals surface area contributed by atoms with Gasteiger partial charge in [0, 0.05) is 37.7 Å². The number of guanidine groups is 1. The van der Waals surface area contributed by atoms with Crippen LogP contribution in [0.5, 0.6) is 5.75 Å². The quantitative estimate of drug-likeness (QED) is 0.584. The molecule has 4 N–H and O–H groups in total. The van der Waals surface area contributed by atoms with E-state index in [2.05, 4.69) is 9.98 Å². The molecule has 154 valence electrons. The number of piperidine rings is 1. The lowest BCUT2D eigenvalue weighted by atomic mass is 10.1. The van der Waals surface area contributed by atoms with E-state index in [1.54, 1.807) is 24.4 Å². The molecule has 0 radical (unpaired) electrons. The molecule has 29 heavy (non-hydrogen) atoms. The van der Waals surface area contributed by atoms with Crippen molar-refractivity contribution >= 4 is 17.7 Å². The van der Waals surface area contributed by atoms with Crippen molar-refractivity contribution in [2.75, 3.05) is 18.0 Å². The number of nitrogens with zero attached hydrogens (tertiary/aromatic N) is 3. The van der Waals surface area contributed by atoms with Gasteiger partial charge in [-0.1, -0.05) is 12.1 Å². The Balaban J connectivity index is 1.60. The van der Waals surface area contributed by atoms with Crippen LogP contribution in [0, 0.1) is 12.7 Å². The number of aromatic nitrogens is 1. The molecule has 0 spiro atoms. The highest BCUT2D eigenvalue weighted by atomic mass is 19.1. The Bertz CT molecular complexity index is 893. The first kappa shape index (κ1) is 20.4. The standard InChI is InChI=1S/C20H24FN5O3/c1-13-17(6-3-9-24-13)29-15-7-10-26(11-8-15)16-5-2-4-14(18(16)21)12-28-20(27)25-19(22)23/h2-6,9,15H,7-8,10-12H2,1H3,(H4,22,23,25,27). The third-order valence-electron chi connectivity index (χ3n) is 4.66. The molecule has 2 aromatic rings. The topological polar surface area (TPSA) is 116 Å². The summed E-state index contributed by atoms with van der Waals surface area (Å²) in [5, 5.41) is 0. The molecule has 0 bridgehead atoms. The molecular formula is C20H24FN5O3. The number of hydrogen-bond donors (Lipinski definition) is 2. The maximum absolute atomic E-state index is 14.9. The fraction of sp³-hybridized carbons (Fsp3) is 0.350. The third-order valence-corrected chi connectivity index (χ3v) is 4.66. The zero-order valence-electron chi connectivity index (χ0n) is 16.2. The van der Waals surface area contributed by atoms with E-state index in [4.69, 9.17) is 20.9 Å². The number of ether oxygens (including phenoxy) is 2. The van der Waals surface area contributed by atoms with E-state index in [0.29, 0.717) is 18.8 Å². The highest BCUT2D eigenvalue weighted by molar-refractivity contribution is 5.87. The van der Waals surface area contributed by atoms with Gasteiger partial charge in [0.05, 0.1) is 11.4 Å². The highest BCUT2D eigenvalue weighted by Crippen LogP contribution is 2.28. The fourth-order valence-corrected chi connectivity index (χ4v) is 3.19. The van der Waals surface area contributed by atoms with Crippen molar-refractivity contribution in [3.05, 3.63) is 53.6 Å². The lowest BCUT2D eigenvalue weighted by Crippen LogP contribution is -2.38. The Morgan fingerprint density at radius 1 is 1.28 bits per heavy atom. The normalized spacial score (nSPS) is 14.3. The largest absolute Gasteiger partial charge is 0.488 e. The van der Waals surface area contributed by atoms with Crippen LogP contribution < -0.4 is 21.1 Å². The van der Waals surface area contributed by atoms with Crippen LogP contribution in [0.15, 0.2) is 41.5 Å². The van der Waals surface area contributed by atoms with Crippen molar-refractivity contribution in [2.45, 2.75) is 32.5 Å². The first-order chi connectivity index (χ1) is 13.9. The van der Waals surface area contributed by atoms with Gasteiger partial charge in [-0.15, -0.1) is 4.99 Å². The number of anilines is 1. The van der Waals surface area contributed by atoms with E-state index >= 15 is 0 Å². The number of carbonyl (C=O) groups excluding carboxylic acids is 1. The molecule has 1 saturated heterocycles. The van der Waals surface area contributed by atoms with Crippen molar-refractivity contribution in [3.63, 3.8) is 0 Å². The van der Waals surface area contributed by atoms with Crippen LogP contribution in [-0.4, -0.2) is 36.2 Å². The number of hydrogen-bond acceptors (Lipinski definition) is 5. The number of benzene rings is 1. The fourth-order valence-electron chi connectivity index (χ4n) is 3.19. The summed E-state index contributed by atoms with van der Waals surface area (Å²) in [5.74, 6) is -0.0509. The summed E-state index contributed by atoms with van der Waals surface area (Å²) in [7, 11) is 0. The minimum atomic E-state index is -0.960. The number of halogens is 1.